The van der Waals surface area contributed by atoms with Crippen LogP contribution in [0.25, 0.3) is 0 Å². The van der Waals surface area contributed by atoms with Crippen LogP contribution in [0.2, 0.25) is 0 Å². The summed E-state index contributed by atoms with van der Waals surface area (Å²) >= 11 is 0. The number of nitrogens with one attached hydrogen (secondary N) is 2. The third kappa shape index (κ3) is 4.98. The molecule has 1 atom stereocenters. The molecule has 1 unspecified atom stereocenters. The van der Waals surface area contributed by atoms with Crippen molar-refractivity contribution in [3.63, 3.8) is 0 Å². The summed E-state index contributed by atoms with van der Waals surface area (Å²) in [6, 6.07) is 6.47. The molecule has 0 spiro atoms. The quantitative estimate of drug-likeness (QED) is 0.654. The monoisotopic (exact) mass is 348 g/mol. The molecule has 0 fully saturated rings. The van der Waals surface area contributed by atoms with Gasteiger partial charge in [-0.2, -0.15) is 0 Å². The van der Waals surface area contributed by atoms with Gasteiger partial charge >= 0.3 is 11.8 Å². The molecule has 0 saturated carbocycles. The molecule has 0 radical (unpaired) electrons. The van der Waals surface area contributed by atoms with Crippen LogP contribution in [-0.4, -0.2) is 37.7 Å². The zero-order chi connectivity index (χ0) is 18.2. The van der Waals surface area contributed by atoms with E-state index >= 15 is 0 Å². The molecule has 1 aromatic carbocycles. The topological polar surface area (TPSA) is 110 Å². The highest BCUT2D eigenvalue weighted by Gasteiger charge is 2.17. The van der Waals surface area contributed by atoms with Crippen molar-refractivity contribution in [1.82, 2.24) is 5.32 Å². The van der Waals surface area contributed by atoms with E-state index in [1.165, 1.54) is 26.7 Å². The fraction of sp³-hybridized carbons (Fsp3) is 0.294. The number of amides is 2. The van der Waals surface area contributed by atoms with E-state index in [0.29, 0.717) is 22.7 Å². The molecule has 1 heterocycles. The Labute approximate surface area is 144 Å². The Balaban J connectivity index is 1.87. The van der Waals surface area contributed by atoms with Crippen LogP contribution in [0.5, 0.6) is 11.5 Å². The van der Waals surface area contributed by atoms with E-state index in [4.69, 9.17) is 13.9 Å². The van der Waals surface area contributed by atoms with Gasteiger partial charge in [-0.15, -0.1) is 0 Å². The first kappa shape index (κ1) is 18.3. The van der Waals surface area contributed by atoms with Crippen LogP contribution in [0.1, 0.15) is 18.1 Å². The number of aliphatic hydroxyl groups excluding tert-OH is 1. The lowest BCUT2D eigenvalue weighted by molar-refractivity contribution is -0.136. The SMILES string of the molecule is COc1ccc(OC)c(NC(=O)C(=O)NCCC(O)c2ccoc2)c1. The molecule has 2 aromatic rings. The molecular weight excluding hydrogens is 328 g/mol. The lowest BCUT2D eigenvalue weighted by atomic mass is 10.1. The smallest absolute Gasteiger partial charge is 0.313 e. The largest absolute Gasteiger partial charge is 0.497 e. The molecule has 0 saturated heterocycles. The second kappa shape index (κ2) is 8.74. The van der Waals surface area contributed by atoms with Crippen molar-refractivity contribution >= 4 is 17.5 Å². The number of carbonyl (C=O) groups is 2. The number of anilines is 1. The molecule has 25 heavy (non-hydrogen) atoms. The molecule has 8 heteroatoms. The Morgan fingerprint density at radius 1 is 1.20 bits per heavy atom. The maximum atomic E-state index is 12.0. The van der Waals surface area contributed by atoms with Crippen LogP contribution in [-0.2, 0) is 9.59 Å². The number of aliphatic hydroxyl groups is 1. The first-order chi connectivity index (χ1) is 12.0. The standard InChI is InChI=1S/C17H20N2O6/c1-23-12-3-4-15(24-2)13(9-12)19-17(22)16(21)18-7-5-14(20)11-6-8-25-10-11/h3-4,6,8-10,14,20H,5,7H2,1-2H3,(H,18,21)(H,19,22). The van der Waals surface area contributed by atoms with Gasteiger partial charge in [-0.25, -0.2) is 0 Å². The summed E-state index contributed by atoms with van der Waals surface area (Å²) in [5.41, 5.74) is 0.931. The van der Waals surface area contributed by atoms with Gasteiger partial charge in [-0.1, -0.05) is 0 Å². The number of benzene rings is 1. The van der Waals surface area contributed by atoms with Crippen LogP contribution >= 0.6 is 0 Å². The van der Waals surface area contributed by atoms with Crippen molar-refractivity contribution in [3.8, 4) is 11.5 Å². The first-order valence-corrected chi connectivity index (χ1v) is 7.56. The van der Waals surface area contributed by atoms with Crippen molar-refractivity contribution in [2.75, 3.05) is 26.1 Å². The van der Waals surface area contributed by atoms with Crippen LogP contribution < -0.4 is 20.1 Å². The van der Waals surface area contributed by atoms with Gasteiger partial charge < -0.3 is 29.6 Å². The van der Waals surface area contributed by atoms with Crippen molar-refractivity contribution < 1.29 is 28.6 Å². The molecule has 0 aliphatic rings. The molecule has 3 N–H and O–H groups in total. The predicted octanol–water partition coefficient (Wildman–Crippen LogP) is 1.48. The van der Waals surface area contributed by atoms with Crippen molar-refractivity contribution in [1.29, 1.82) is 0 Å². The fourth-order valence-corrected chi connectivity index (χ4v) is 2.12. The van der Waals surface area contributed by atoms with Gasteiger partial charge in [-0.3, -0.25) is 9.59 Å². The zero-order valence-corrected chi connectivity index (χ0v) is 13.9. The van der Waals surface area contributed by atoms with Gasteiger partial charge in [0.2, 0.25) is 0 Å². The summed E-state index contributed by atoms with van der Waals surface area (Å²) < 4.78 is 15.1. The molecule has 2 amide bonds. The van der Waals surface area contributed by atoms with E-state index in [1.54, 1.807) is 24.3 Å². The molecule has 0 aliphatic heterocycles. The van der Waals surface area contributed by atoms with Crippen LogP contribution in [0, 0.1) is 0 Å². The Kier molecular flexibility index (Phi) is 6.41. The summed E-state index contributed by atoms with van der Waals surface area (Å²) in [4.78, 5) is 23.9. The Morgan fingerprint density at radius 2 is 2.00 bits per heavy atom. The van der Waals surface area contributed by atoms with Gasteiger partial charge in [0.25, 0.3) is 0 Å². The minimum atomic E-state index is -0.843. The van der Waals surface area contributed by atoms with Gasteiger partial charge in [0.1, 0.15) is 11.5 Å². The van der Waals surface area contributed by atoms with Crippen LogP contribution in [0.4, 0.5) is 5.69 Å². The zero-order valence-electron chi connectivity index (χ0n) is 13.9. The minimum absolute atomic E-state index is 0.133. The summed E-state index contributed by atoms with van der Waals surface area (Å²) in [5, 5.41) is 14.8. The number of methoxy groups -OCH3 is 2. The molecule has 8 nitrogen and oxygen atoms in total. The summed E-state index contributed by atoms with van der Waals surface area (Å²) in [6.07, 6.45) is 2.35. The number of furan rings is 1. The van der Waals surface area contributed by atoms with Gasteiger partial charge in [0.15, 0.2) is 0 Å². The number of ether oxygens (including phenoxy) is 2. The van der Waals surface area contributed by atoms with Crippen molar-refractivity contribution in [3.05, 3.63) is 42.4 Å². The summed E-state index contributed by atoms with van der Waals surface area (Å²) in [6.45, 7) is 0.133. The average Bonchev–Trinajstić information content (AvgIpc) is 3.16. The lowest BCUT2D eigenvalue weighted by Gasteiger charge is -2.12. The number of hydrogen-bond donors (Lipinski definition) is 3. The Bertz CT molecular complexity index is 714. The van der Waals surface area contributed by atoms with E-state index in [1.807, 2.05) is 0 Å². The molecule has 2 rings (SSSR count). The van der Waals surface area contributed by atoms with Gasteiger partial charge in [-0.05, 0) is 24.6 Å². The van der Waals surface area contributed by atoms with E-state index in [-0.39, 0.29) is 13.0 Å². The maximum absolute atomic E-state index is 12.0. The molecule has 134 valence electrons. The predicted molar refractivity (Wildman–Crippen MR) is 89.5 cm³/mol. The summed E-state index contributed by atoms with van der Waals surface area (Å²) in [5.74, 6) is -0.745. The molecule has 0 bridgehead atoms. The van der Waals surface area contributed by atoms with Crippen LogP contribution in [0.15, 0.2) is 41.2 Å². The Morgan fingerprint density at radius 3 is 2.64 bits per heavy atom. The number of rotatable bonds is 7. The number of hydrogen-bond acceptors (Lipinski definition) is 6. The maximum Gasteiger partial charge on any atom is 0.313 e. The van der Waals surface area contributed by atoms with E-state index in [2.05, 4.69) is 10.6 Å². The fourth-order valence-electron chi connectivity index (χ4n) is 2.12. The van der Waals surface area contributed by atoms with E-state index < -0.39 is 17.9 Å². The highest BCUT2D eigenvalue weighted by Crippen LogP contribution is 2.28. The first-order valence-electron chi connectivity index (χ1n) is 7.56. The molecular formula is C17H20N2O6. The van der Waals surface area contributed by atoms with E-state index in [9.17, 15) is 14.7 Å². The van der Waals surface area contributed by atoms with Crippen molar-refractivity contribution in [2.24, 2.45) is 0 Å². The van der Waals surface area contributed by atoms with E-state index in [0.717, 1.165) is 0 Å². The molecule has 0 aliphatic carbocycles. The van der Waals surface area contributed by atoms with Crippen molar-refractivity contribution in [2.45, 2.75) is 12.5 Å². The van der Waals surface area contributed by atoms with Gasteiger partial charge in [0, 0.05) is 18.2 Å². The lowest BCUT2D eigenvalue weighted by Crippen LogP contribution is -2.36. The van der Waals surface area contributed by atoms with Gasteiger partial charge in [0.05, 0.1) is 38.5 Å². The second-order valence-corrected chi connectivity index (χ2v) is 5.14. The average molecular weight is 348 g/mol. The second-order valence-electron chi connectivity index (χ2n) is 5.14. The Hall–Kier alpha value is -3.00. The highest BCUT2D eigenvalue weighted by atomic mass is 16.5. The molecule has 1 aromatic heterocycles. The third-order valence-corrected chi connectivity index (χ3v) is 3.49. The minimum Gasteiger partial charge on any atom is -0.497 e. The third-order valence-electron chi connectivity index (χ3n) is 3.49. The summed E-state index contributed by atoms with van der Waals surface area (Å²) in [7, 11) is 2.94. The van der Waals surface area contributed by atoms with Crippen LogP contribution in [0.3, 0.4) is 0 Å². The normalized spacial score (nSPS) is 11.5. The highest BCUT2D eigenvalue weighted by molar-refractivity contribution is 6.39. The number of carbonyl (C=O) groups excluding carboxylic acids is 2.